The first-order valence-corrected chi connectivity index (χ1v) is 10.9. The number of piperidine rings is 1. The van der Waals surface area contributed by atoms with E-state index in [1.54, 1.807) is 6.07 Å². The second kappa shape index (κ2) is 9.71. The molecule has 3 N–H and O–H groups in total. The Morgan fingerprint density at radius 2 is 1.70 bits per heavy atom. The number of amides is 2. The van der Waals surface area contributed by atoms with Crippen LogP contribution in [0.1, 0.15) is 53.7 Å². The number of hydrogen-bond acceptors (Lipinski definition) is 5. The molecule has 4 rings (SSSR count). The second-order valence-electron chi connectivity index (χ2n) is 8.02. The number of likely N-dealkylation sites (tertiary alicyclic amines) is 1. The lowest BCUT2D eigenvalue weighted by Crippen LogP contribution is -2.47. The highest BCUT2D eigenvalue weighted by molar-refractivity contribution is 5.98. The lowest BCUT2D eigenvalue weighted by molar-refractivity contribution is -0.123. The zero-order valence-corrected chi connectivity index (χ0v) is 17.2. The minimum Gasteiger partial charge on any atom is -0.340 e. The summed E-state index contributed by atoms with van der Waals surface area (Å²) in [6.07, 6.45) is 7.28. The summed E-state index contributed by atoms with van der Waals surface area (Å²) in [5.41, 5.74) is 8.64. The van der Waals surface area contributed by atoms with E-state index >= 15 is 0 Å². The van der Waals surface area contributed by atoms with Gasteiger partial charge >= 0.3 is 0 Å². The van der Waals surface area contributed by atoms with Crippen LogP contribution in [0, 0.1) is 0 Å². The Morgan fingerprint density at radius 3 is 2.50 bits per heavy atom. The van der Waals surface area contributed by atoms with E-state index in [9.17, 15) is 9.59 Å². The number of aryl methyl sites for hydroxylation is 1. The molecule has 2 aromatic rings. The third kappa shape index (κ3) is 5.16. The molecule has 2 amide bonds. The van der Waals surface area contributed by atoms with Gasteiger partial charge in [-0.05, 0) is 75.4 Å². The van der Waals surface area contributed by atoms with Gasteiger partial charge in [-0.3, -0.25) is 25.3 Å². The predicted molar refractivity (Wildman–Crippen MR) is 117 cm³/mol. The number of carbonyl (C=O) groups excluding carboxylic acids is 2. The summed E-state index contributed by atoms with van der Waals surface area (Å²) < 4.78 is 0. The van der Waals surface area contributed by atoms with E-state index in [0.717, 1.165) is 68.6 Å². The number of nitrogens with zero attached hydrogens (tertiary/aromatic N) is 2. The Labute approximate surface area is 177 Å². The number of aromatic nitrogens is 1. The van der Waals surface area contributed by atoms with Gasteiger partial charge in [-0.1, -0.05) is 24.6 Å². The SMILES string of the molecule is O=C(CN1CCCCC1)NNC(=O)c1cc(Nc2ccccc2)nc2c1CCCC2. The molecule has 0 atom stereocenters. The largest absolute Gasteiger partial charge is 0.340 e. The van der Waals surface area contributed by atoms with E-state index in [4.69, 9.17) is 4.98 Å². The topological polar surface area (TPSA) is 86.4 Å². The number of anilines is 2. The van der Waals surface area contributed by atoms with Crippen LogP contribution < -0.4 is 16.2 Å². The van der Waals surface area contributed by atoms with Crippen molar-refractivity contribution in [1.29, 1.82) is 0 Å². The number of carbonyl (C=O) groups is 2. The summed E-state index contributed by atoms with van der Waals surface area (Å²) in [7, 11) is 0. The number of hydrogen-bond donors (Lipinski definition) is 3. The van der Waals surface area contributed by atoms with Gasteiger partial charge in [0.2, 0.25) is 0 Å². The molecule has 0 radical (unpaired) electrons. The van der Waals surface area contributed by atoms with Crippen LogP contribution in [-0.2, 0) is 17.6 Å². The molecule has 1 aliphatic carbocycles. The standard InChI is InChI=1S/C23H29N5O2/c29-22(16-28-13-7-2-8-14-28)26-27-23(30)19-15-21(24-17-9-3-1-4-10-17)25-20-12-6-5-11-18(19)20/h1,3-4,9-10,15H,2,5-8,11-14,16H2,(H,24,25)(H,26,29)(H,27,30). The zero-order chi connectivity index (χ0) is 20.8. The lowest BCUT2D eigenvalue weighted by atomic mass is 9.92. The van der Waals surface area contributed by atoms with Crippen LogP contribution in [0.15, 0.2) is 36.4 Å². The monoisotopic (exact) mass is 407 g/mol. The summed E-state index contributed by atoms with van der Waals surface area (Å²) >= 11 is 0. The first kappa shape index (κ1) is 20.3. The fourth-order valence-corrected chi connectivity index (χ4v) is 4.19. The van der Waals surface area contributed by atoms with E-state index in [2.05, 4.69) is 21.1 Å². The van der Waals surface area contributed by atoms with Crippen molar-refractivity contribution in [1.82, 2.24) is 20.7 Å². The molecule has 0 unspecified atom stereocenters. The van der Waals surface area contributed by atoms with Gasteiger partial charge in [0.15, 0.2) is 0 Å². The van der Waals surface area contributed by atoms with Gasteiger partial charge in [0.1, 0.15) is 5.82 Å². The minimum atomic E-state index is -0.293. The van der Waals surface area contributed by atoms with Crippen LogP contribution in [0.5, 0.6) is 0 Å². The van der Waals surface area contributed by atoms with Crippen molar-refractivity contribution in [2.75, 3.05) is 25.0 Å². The number of hydrazine groups is 1. The molecular formula is C23H29N5O2. The Bertz CT molecular complexity index is 894. The molecule has 0 spiro atoms. The maximum absolute atomic E-state index is 12.9. The van der Waals surface area contributed by atoms with E-state index < -0.39 is 0 Å². The molecule has 0 saturated carbocycles. The number of para-hydroxylation sites is 1. The summed E-state index contributed by atoms with van der Waals surface area (Å²) in [5, 5.41) is 3.28. The number of nitrogens with one attached hydrogen (secondary N) is 3. The molecule has 1 saturated heterocycles. The van der Waals surface area contributed by atoms with Gasteiger partial charge in [-0.25, -0.2) is 4.98 Å². The molecule has 30 heavy (non-hydrogen) atoms. The maximum Gasteiger partial charge on any atom is 0.270 e. The van der Waals surface area contributed by atoms with E-state index in [-0.39, 0.29) is 11.8 Å². The average molecular weight is 408 g/mol. The fraction of sp³-hybridized carbons (Fsp3) is 0.435. The van der Waals surface area contributed by atoms with Gasteiger partial charge in [0, 0.05) is 16.9 Å². The van der Waals surface area contributed by atoms with Crippen molar-refractivity contribution in [3.63, 3.8) is 0 Å². The van der Waals surface area contributed by atoms with E-state index in [1.165, 1.54) is 6.42 Å². The van der Waals surface area contributed by atoms with Crippen LogP contribution in [0.25, 0.3) is 0 Å². The molecule has 7 nitrogen and oxygen atoms in total. The molecule has 0 bridgehead atoms. The maximum atomic E-state index is 12.9. The predicted octanol–water partition coefficient (Wildman–Crippen LogP) is 2.95. The highest BCUT2D eigenvalue weighted by atomic mass is 16.2. The Kier molecular flexibility index (Phi) is 6.59. The van der Waals surface area contributed by atoms with Crippen molar-refractivity contribution >= 4 is 23.3 Å². The molecule has 1 aliphatic heterocycles. The normalized spacial score (nSPS) is 16.4. The van der Waals surface area contributed by atoms with Crippen LogP contribution in [0.4, 0.5) is 11.5 Å². The van der Waals surface area contributed by atoms with Gasteiger partial charge in [0.05, 0.1) is 6.54 Å². The molecule has 7 heteroatoms. The first-order chi connectivity index (χ1) is 14.7. The highest BCUT2D eigenvalue weighted by Crippen LogP contribution is 2.27. The molecule has 2 heterocycles. The third-order valence-corrected chi connectivity index (χ3v) is 5.72. The smallest absolute Gasteiger partial charge is 0.270 e. The Balaban J connectivity index is 1.45. The fourth-order valence-electron chi connectivity index (χ4n) is 4.19. The van der Waals surface area contributed by atoms with Crippen LogP contribution >= 0.6 is 0 Å². The van der Waals surface area contributed by atoms with Crippen LogP contribution in [0.2, 0.25) is 0 Å². The van der Waals surface area contributed by atoms with Crippen molar-refractivity contribution < 1.29 is 9.59 Å². The molecule has 2 aliphatic rings. The lowest BCUT2D eigenvalue weighted by Gasteiger charge is -2.25. The molecule has 158 valence electrons. The number of benzene rings is 1. The first-order valence-electron chi connectivity index (χ1n) is 10.9. The minimum absolute atomic E-state index is 0.184. The average Bonchev–Trinajstić information content (AvgIpc) is 2.78. The number of fused-ring (bicyclic) bond motifs is 1. The number of pyridine rings is 1. The van der Waals surface area contributed by atoms with E-state index in [1.807, 2.05) is 30.3 Å². The Morgan fingerprint density at radius 1 is 0.933 bits per heavy atom. The Hall–Kier alpha value is -2.93. The van der Waals surface area contributed by atoms with Gasteiger partial charge in [-0.15, -0.1) is 0 Å². The van der Waals surface area contributed by atoms with Crippen LogP contribution in [0.3, 0.4) is 0 Å². The molecule has 1 aromatic carbocycles. The second-order valence-corrected chi connectivity index (χ2v) is 8.02. The quantitative estimate of drug-likeness (QED) is 0.664. The third-order valence-electron chi connectivity index (χ3n) is 5.72. The summed E-state index contributed by atoms with van der Waals surface area (Å²) in [6, 6.07) is 11.6. The van der Waals surface area contributed by atoms with Gasteiger partial charge in [-0.2, -0.15) is 0 Å². The molecule has 1 aromatic heterocycles. The van der Waals surface area contributed by atoms with Gasteiger partial charge < -0.3 is 5.32 Å². The van der Waals surface area contributed by atoms with Crippen LogP contribution in [-0.4, -0.2) is 41.3 Å². The van der Waals surface area contributed by atoms with Crippen molar-refractivity contribution in [3.8, 4) is 0 Å². The van der Waals surface area contributed by atoms with E-state index in [0.29, 0.717) is 17.9 Å². The van der Waals surface area contributed by atoms with Crippen molar-refractivity contribution in [2.24, 2.45) is 0 Å². The van der Waals surface area contributed by atoms with Gasteiger partial charge in [0.25, 0.3) is 11.8 Å². The zero-order valence-electron chi connectivity index (χ0n) is 17.2. The van der Waals surface area contributed by atoms with Crippen molar-refractivity contribution in [3.05, 3.63) is 53.2 Å². The summed E-state index contributed by atoms with van der Waals surface area (Å²) in [6.45, 7) is 2.19. The molecular weight excluding hydrogens is 378 g/mol. The summed E-state index contributed by atoms with van der Waals surface area (Å²) in [4.78, 5) is 32.0. The van der Waals surface area contributed by atoms with Crippen molar-refractivity contribution in [2.45, 2.75) is 44.9 Å². The highest BCUT2D eigenvalue weighted by Gasteiger charge is 2.21. The molecule has 1 fully saturated rings. The number of rotatable bonds is 5. The summed E-state index contributed by atoms with van der Waals surface area (Å²) in [5.74, 6) is 0.168.